The van der Waals surface area contributed by atoms with Crippen molar-refractivity contribution < 1.29 is 9.18 Å². The van der Waals surface area contributed by atoms with E-state index in [1.807, 2.05) is 24.3 Å². The normalized spacial score (nSPS) is 10.6. The Hall–Kier alpha value is -0.840. The summed E-state index contributed by atoms with van der Waals surface area (Å²) in [6.07, 6.45) is 0.219. The highest BCUT2D eigenvalue weighted by atomic mass is 79.9. The van der Waals surface area contributed by atoms with Crippen molar-refractivity contribution in [2.75, 3.05) is 5.75 Å². The van der Waals surface area contributed by atoms with Crippen molar-refractivity contribution in [3.8, 4) is 0 Å². The molecule has 0 saturated heterocycles. The van der Waals surface area contributed by atoms with Crippen LogP contribution >= 0.6 is 39.3 Å². The Bertz CT molecular complexity index is 633. The number of carbonyl (C=O) groups is 1. The number of Topliss-reactive ketones (excluding diaryl/α,β-unsaturated/α-hetero) is 1. The van der Waals surface area contributed by atoms with Gasteiger partial charge in [0.15, 0.2) is 0 Å². The van der Waals surface area contributed by atoms with Crippen molar-refractivity contribution in [2.45, 2.75) is 11.3 Å². The predicted molar refractivity (Wildman–Crippen MR) is 85.0 cm³/mol. The van der Waals surface area contributed by atoms with Crippen molar-refractivity contribution in [1.82, 2.24) is 0 Å². The SMILES string of the molecule is O=C(CSc1ccccc1Br)Cc1ccc(F)cc1Cl. The van der Waals surface area contributed by atoms with Gasteiger partial charge in [0.25, 0.3) is 0 Å². The molecular weight excluding hydrogens is 363 g/mol. The molecule has 0 amide bonds. The summed E-state index contributed by atoms with van der Waals surface area (Å²) in [7, 11) is 0. The van der Waals surface area contributed by atoms with E-state index < -0.39 is 5.82 Å². The average Bonchev–Trinajstić information content (AvgIpc) is 2.41. The van der Waals surface area contributed by atoms with Gasteiger partial charge in [-0.2, -0.15) is 0 Å². The van der Waals surface area contributed by atoms with Crippen LogP contribution in [-0.4, -0.2) is 11.5 Å². The maximum Gasteiger partial charge on any atom is 0.147 e. The first-order chi connectivity index (χ1) is 9.56. The third-order valence-corrected chi connectivity index (χ3v) is 5.07. The number of rotatable bonds is 5. The summed E-state index contributed by atoms with van der Waals surface area (Å²) in [4.78, 5) is 13.0. The quantitative estimate of drug-likeness (QED) is 0.675. The number of carbonyl (C=O) groups excluding carboxylic acids is 1. The van der Waals surface area contributed by atoms with E-state index >= 15 is 0 Å². The lowest BCUT2D eigenvalue weighted by Gasteiger charge is -2.05. The Morgan fingerprint density at radius 1 is 1.25 bits per heavy atom. The molecule has 0 aliphatic rings. The largest absolute Gasteiger partial charge is 0.298 e. The van der Waals surface area contributed by atoms with Gasteiger partial charge < -0.3 is 0 Å². The molecule has 0 unspecified atom stereocenters. The summed E-state index contributed by atoms with van der Waals surface area (Å²) in [5, 5.41) is 0.296. The zero-order valence-corrected chi connectivity index (χ0v) is 13.6. The van der Waals surface area contributed by atoms with Gasteiger partial charge in [0.2, 0.25) is 0 Å². The fourth-order valence-corrected chi connectivity index (χ4v) is 3.31. The lowest BCUT2D eigenvalue weighted by Crippen LogP contribution is -2.06. The van der Waals surface area contributed by atoms with E-state index in [0.717, 1.165) is 9.37 Å². The van der Waals surface area contributed by atoms with E-state index in [1.54, 1.807) is 6.07 Å². The highest BCUT2D eigenvalue weighted by Crippen LogP contribution is 2.27. The van der Waals surface area contributed by atoms with Gasteiger partial charge in [-0.25, -0.2) is 4.39 Å². The lowest BCUT2D eigenvalue weighted by atomic mass is 10.1. The van der Waals surface area contributed by atoms with E-state index in [4.69, 9.17) is 11.6 Å². The first-order valence-electron chi connectivity index (χ1n) is 5.89. The van der Waals surface area contributed by atoms with E-state index in [2.05, 4.69) is 15.9 Å². The first-order valence-corrected chi connectivity index (χ1v) is 8.05. The molecule has 0 fully saturated rings. The van der Waals surface area contributed by atoms with Crippen LogP contribution in [0.25, 0.3) is 0 Å². The van der Waals surface area contributed by atoms with Crippen LogP contribution in [0.2, 0.25) is 5.02 Å². The molecule has 2 rings (SSSR count). The smallest absolute Gasteiger partial charge is 0.147 e. The molecule has 0 aliphatic carbocycles. The van der Waals surface area contributed by atoms with Gasteiger partial charge in [0, 0.05) is 20.8 Å². The van der Waals surface area contributed by atoms with Gasteiger partial charge in [-0.05, 0) is 45.8 Å². The van der Waals surface area contributed by atoms with Crippen LogP contribution in [0.5, 0.6) is 0 Å². The van der Waals surface area contributed by atoms with Gasteiger partial charge >= 0.3 is 0 Å². The molecule has 0 N–H and O–H groups in total. The van der Waals surface area contributed by atoms with Crippen LogP contribution in [0.4, 0.5) is 4.39 Å². The molecule has 0 aromatic heterocycles. The highest BCUT2D eigenvalue weighted by molar-refractivity contribution is 9.10. The van der Waals surface area contributed by atoms with E-state index in [0.29, 0.717) is 16.3 Å². The van der Waals surface area contributed by atoms with Gasteiger partial charge in [-0.1, -0.05) is 29.8 Å². The molecule has 0 bridgehead atoms. The van der Waals surface area contributed by atoms with Crippen LogP contribution in [0.15, 0.2) is 51.8 Å². The van der Waals surface area contributed by atoms with Crippen LogP contribution in [0, 0.1) is 5.82 Å². The van der Waals surface area contributed by atoms with Crippen LogP contribution in [0.1, 0.15) is 5.56 Å². The topological polar surface area (TPSA) is 17.1 Å². The molecule has 0 aliphatic heterocycles. The molecule has 0 spiro atoms. The monoisotopic (exact) mass is 372 g/mol. The Morgan fingerprint density at radius 3 is 2.70 bits per heavy atom. The van der Waals surface area contributed by atoms with E-state index in [9.17, 15) is 9.18 Å². The van der Waals surface area contributed by atoms with Crippen molar-refractivity contribution in [2.24, 2.45) is 0 Å². The zero-order chi connectivity index (χ0) is 14.5. The highest BCUT2D eigenvalue weighted by Gasteiger charge is 2.09. The standard InChI is InChI=1S/C15H11BrClFOS/c16-13-3-1-2-4-15(13)20-9-12(19)7-10-5-6-11(18)8-14(10)17/h1-6,8H,7,9H2. The summed E-state index contributed by atoms with van der Waals surface area (Å²) in [5.74, 6) is 0.0177. The minimum absolute atomic E-state index is 0.0549. The fourth-order valence-electron chi connectivity index (χ4n) is 1.65. The summed E-state index contributed by atoms with van der Waals surface area (Å²) in [6.45, 7) is 0. The second kappa shape index (κ2) is 7.25. The Labute approximate surface area is 134 Å². The minimum atomic E-state index is -0.395. The molecule has 20 heavy (non-hydrogen) atoms. The molecular formula is C15H11BrClFOS. The predicted octanol–water partition coefficient (Wildman–Crippen LogP) is 5.15. The Kier molecular flexibility index (Phi) is 5.64. The summed E-state index contributed by atoms with van der Waals surface area (Å²) >= 11 is 10.8. The zero-order valence-electron chi connectivity index (χ0n) is 10.4. The number of hydrogen-bond acceptors (Lipinski definition) is 2. The van der Waals surface area contributed by atoms with Gasteiger partial charge in [0.05, 0.1) is 5.75 Å². The lowest BCUT2D eigenvalue weighted by molar-refractivity contribution is -0.116. The molecule has 0 atom stereocenters. The van der Waals surface area contributed by atoms with Crippen molar-refractivity contribution in [3.63, 3.8) is 0 Å². The third-order valence-electron chi connectivity index (χ3n) is 2.63. The van der Waals surface area contributed by atoms with Gasteiger partial charge in [-0.15, -0.1) is 11.8 Å². The molecule has 2 aromatic carbocycles. The second-order valence-electron chi connectivity index (χ2n) is 4.17. The van der Waals surface area contributed by atoms with Crippen LogP contribution in [-0.2, 0) is 11.2 Å². The summed E-state index contributed by atoms with van der Waals surface area (Å²) < 4.78 is 13.9. The van der Waals surface area contributed by atoms with Crippen LogP contribution in [0.3, 0.4) is 0 Å². The van der Waals surface area contributed by atoms with Crippen molar-refractivity contribution in [3.05, 3.63) is 63.3 Å². The summed E-state index contributed by atoms with van der Waals surface area (Å²) in [6, 6.07) is 11.8. The second-order valence-corrected chi connectivity index (χ2v) is 6.45. The summed E-state index contributed by atoms with van der Waals surface area (Å²) in [5.41, 5.74) is 0.658. The van der Waals surface area contributed by atoms with Gasteiger partial charge in [0.1, 0.15) is 11.6 Å². The maximum atomic E-state index is 12.9. The van der Waals surface area contributed by atoms with E-state index in [-0.39, 0.29) is 12.2 Å². The number of thioether (sulfide) groups is 1. The Balaban J connectivity index is 1.94. The van der Waals surface area contributed by atoms with Crippen molar-refractivity contribution in [1.29, 1.82) is 0 Å². The van der Waals surface area contributed by atoms with Crippen LogP contribution < -0.4 is 0 Å². The minimum Gasteiger partial charge on any atom is -0.298 e. The number of halogens is 3. The Morgan fingerprint density at radius 2 is 2.00 bits per heavy atom. The van der Waals surface area contributed by atoms with Gasteiger partial charge in [-0.3, -0.25) is 4.79 Å². The number of benzene rings is 2. The van der Waals surface area contributed by atoms with E-state index in [1.165, 1.54) is 23.9 Å². The molecule has 0 heterocycles. The molecule has 5 heteroatoms. The molecule has 1 nitrogen and oxygen atoms in total. The molecule has 2 aromatic rings. The third kappa shape index (κ3) is 4.33. The molecule has 0 saturated carbocycles. The first kappa shape index (κ1) is 15.5. The molecule has 0 radical (unpaired) electrons. The van der Waals surface area contributed by atoms with Crippen molar-refractivity contribution >= 4 is 45.1 Å². The maximum absolute atomic E-state index is 12.9. The number of ketones is 1. The number of hydrogen-bond donors (Lipinski definition) is 0. The molecule has 104 valence electrons. The fraction of sp³-hybridized carbons (Fsp3) is 0.133. The average molecular weight is 374 g/mol.